The highest BCUT2D eigenvalue weighted by atomic mass is 35.5. The normalized spacial score (nSPS) is 10.4. The summed E-state index contributed by atoms with van der Waals surface area (Å²) in [7, 11) is 0. The van der Waals surface area contributed by atoms with Gasteiger partial charge in [0.1, 0.15) is 0 Å². The molecule has 98 valence electrons. The number of nitro groups is 1. The van der Waals surface area contributed by atoms with Crippen LogP contribution < -0.4 is 5.32 Å². The number of nitro benzene ring substituents is 1. The molecule has 2 aromatic rings. The first-order chi connectivity index (χ1) is 9.16. The van der Waals surface area contributed by atoms with Gasteiger partial charge in [-0.3, -0.25) is 15.1 Å². The molecule has 0 aliphatic heterocycles. The molecular formula is C13H12ClN3O2. The molecule has 0 spiro atoms. The number of nitrogens with one attached hydrogen (secondary N) is 1. The van der Waals surface area contributed by atoms with Crippen molar-refractivity contribution in [2.75, 3.05) is 0 Å². The Labute approximate surface area is 115 Å². The fourth-order valence-corrected chi connectivity index (χ4v) is 1.86. The molecule has 0 fully saturated rings. The first-order valence-corrected chi connectivity index (χ1v) is 6.07. The monoisotopic (exact) mass is 277 g/mol. The third-order valence-electron chi connectivity index (χ3n) is 2.64. The summed E-state index contributed by atoms with van der Waals surface area (Å²) in [4.78, 5) is 14.4. The fourth-order valence-electron chi connectivity index (χ4n) is 1.70. The zero-order chi connectivity index (χ0) is 13.7. The second kappa shape index (κ2) is 6.26. The molecule has 0 amide bonds. The predicted molar refractivity (Wildman–Crippen MR) is 72.9 cm³/mol. The minimum Gasteiger partial charge on any atom is -0.308 e. The molecule has 1 aromatic heterocycles. The maximum atomic E-state index is 10.9. The van der Waals surface area contributed by atoms with Crippen LogP contribution in [-0.4, -0.2) is 9.91 Å². The summed E-state index contributed by atoms with van der Waals surface area (Å²) in [6, 6.07) is 8.47. The van der Waals surface area contributed by atoms with Crippen LogP contribution in [0.25, 0.3) is 0 Å². The Hall–Kier alpha value is -1.98. The molecule has 5 nitrogen and oxygen atoms in total. The number of pyridine rings is 1. The van der Waals surface area contributed by atoms with E-state index in [1.165, 1.54) is 6.07 Å². The molecule has 0 saturated heterocycles. The first kappa shape index (κ1) is 13.5. The molecular weight excluding hydrogens is 266 g/mol. The van der Waals surface area contributed by atoms with Gasteiger partial charge in [0.15, 0.2) is 0 Å². The Morgan fingerprint density at radius 2 is 1.95 bits per heavy atom. The van der Waals surface area contributed by atoms with Crippen molar-refractivity contribution in [3.8, 4) is 0 Å². The lowest BCUT2D eigenvalue weighted by atomic mass is 10.1. The van der Waals surface area contributed by atoms with Gasteiger partial charge in [-0.15, -0.1) is 0 Å². The summed E-state index contributed by atoms with van der Waals surface area (Å²) in [5.74, 6) is 0. The number of hydrogen-bond donors (Lipinski definition) is 1. The second-order valence-electron chi connectivity index (χ2n) is 3.99. The van der Waals surface area contributed by atoms with Crippen molar-refractivity contribution in [3.63, 3.8) is 0 Å². The Kier molecular flexibility index (Phi) is 4.43. The molecule has 0 saturated carbocycles. The lowest BCUT2D eigenvalue weighted by molar-refractivity contribution is -0.385. The van der Waals surface area contributed by atoms with Crippen LogP contribution in [0.3, 0.4) is 0 Å². The second-order valence-corrected chi connectivity index (χ2v) is 4.43. The number of halogens is 1. The maximum Gasteiger partial charge on any atom is 0.275 e. The Morgan fingerprint density at radius 3 is 2.63 bits per heavy atom. The first-order valence-electron chi connectivity index (χ1n) is 5.69. The summed E-state index contributed by atoms with van der Waals surface area (Å²) < 4.78 is 0. The fraction of sp³-hybridized carbons (Fsp3) is 0.154. The van der Waals surface area contributed by atoms with Gasteiger partial charge in [-0.1, -0.05) is 11.6 Å². The molecule has 6 heteroatoms. The van der Waals surface area contributed by atoms with Gasteiger partial charge in [-0.25, -0.2) is 0 Å². The van der Waals surface area contributed by atoms with Gasteiger partial charge in [0.2, 0.25) is 0 Å². The van der Waals surface area contributed by atoms with Crippen molar-refractivity contribution in [2.24, 2.45) is 0 Å². The topological polar surface area (TPSA) is 68.1 Å². The highest BCUT2D eigenvalue weighted by Crippen LogP contribution is 2.23. The van der Waals surface area contributed by atoms with E-state index in [0.29, 0.717) is 23.7 Å². The molecule has 1 heterocycles. The predicted octanol–water partition coefficient (Wildman–Crippen LogP) is 2.93. The van der Waals surface area contributed by atoms with Crippen molar-refractivity contribution in [3.05, 3.63) is 69.0 Å². The maximum absolute atomic E-state index is 10.9. The van der Waals surface area contributed by atoms with Crippen LogP contribution in [0.4, 0.5) is 5.69 Å². The van der Waals surface area contributed by atoms with Crippen LogP contribution in [0.2, 0.25) is 5.02 Å². The van der Waals surface area contributed by atoms with Gasteiger partial charge < -0.3 is 5.32 Å². The lowest BCUT2D eigenvalue weighted by Crippen LogP contribution is -2.13. The van der Waals surface area contributed by atoms with Gasteiger partial charge in [0, 0.05) is 42.1 Å². The molecule has 0 aliphatic rings. The molecule has 0 aliphatic carbocycles. The summed E-state index contributed by atoms with van der Waals surface area (Å²) in [6.45, 7) is 1.04. The van der Waals surface area contributed by atoms with Crippen molar-refractivity contribution in [1.82, 2.24) is 10.3 Å². The minimum absolute atomic E-state index is 0.0368. The molecule has 0 bridgehead atoms. The van der Waals surface area contributed by atoms with E-state index in [9.17, 15) is 10.1 Å². The van der Waals surface area contributed by atoms with Crippen LogP contribution in [0.5, 0.6) is 0 Å². The van der Waals surface area contributed by atoms with Gasteiger partial charge >= 0.3 is 0 Å². The molecule has 1 N–H and O–H groups in total. The summed E-state index contributed by atoms with van der Waals surface area (Å²) in [6.07, 6.45) is 3.42. The van der Waals surface area contributed by atoms with E-state index in [1.54, 1.807) is 24.5 Å². The van der Waals surface area contributed by atoms with Crippen LogP contribution in [0.15, 0.2) is 42.7 Å². The average molecular weight is 278 g/mol. The third-order valence-corrected chi connectivity index (χ3v) is 2.87. The number of rotatable bonds is 5. The van der Waals surface area contributed by atoms with Gasteiger partial charge in [0.25, 0.3) is 5.69 Å². The van der Waals surface area contributed by atoms with E-state index < -0.39 is 4.92 Å². The number of benzene rings is 1. The zero-order valence-electron chi connectivity index (χ0n) is 10.0. The van der Waals surface area contributed by atoms with Crippen LogP contribution in [0.1, 0.15) is 11.1 Å². The van der Waals surface area contributed by atoms with Crippen molar-refractivity contribution < 1.29 is 4.92 Å². The van der Waals surface area contributed by atoms with E-state index >= 15 is 0 Å². The summed E-state index contributed by atoms with van der Waals surface area (Å²) >= 11 is 5.76. The molecule has 1 aromatic carbocycles. The highest BCUT2D eigenvalue weighted by Gasteiger charge is 2.13. The quantitative estimate of drug-likeness (QED) is 0.674. The van der Waals surface area contributed by atoms with E-state index in [1.807, 2.05) is 12.1 Å². The Balaban J connectivity index is 2.02. The number of aromatic nitrogens is 1. The molecule has 19 heavy (non-hydrogen) atoms. The van der Waals surface area contributed by atoms with E-state index in [-0.39, 0.29) is 5.69 Å². The highest BCUT2D eigenvalue weighted by molar-refractivity contribution is 6.30. The lowest BCUT2D eigenvalue weighted by Gasteiger charge is -2.06. The largest absolute Gasteiger partial charge is 0.308 e. The van der Waals surface area contributed by atoms with Gasteiger partial charge in [-0.2, -0.15) is 0 Å². The summed E-state index contributed by atoms with van der Waals surface area (Å²) in [5, 5.41) is 14.4. The van der Waals surface area contributed by atoms with Crippen LogP contribution in [0, 0.1) is 10.1 Å². The Bertz CT molecular complexity index is 575. The SMILES string of the molecule is O=[N+]([O-])c1cc(Cl)ccc1CNCc1ccncc1. The summed E-state index contributed by atoms with van der Waals surface area (Å²) in [5.41, 5.74) is 1.73. The number of nitrogens with zero attached hydrogens (tertiary/aromatic N) is 2. The van der Waals surface area contributed by atoms with E-state index in [2.05, 4.69) is 10.3 Å². The molecule has 0 radical (unpaired) electrons. The average Bonchev–Trinajstić information content (AvgIpc) is 2.41. The Morgan fingerprint density at radius 1 is 1.21 bits per heavy atom. The van der Waals surface area contributed by atoms with Crippen LogP contribution in [-0.2, 0) is 13.1 Å². The van der Waals surface area contributed by atoms with Crippen molar-refractivity contribution in [1.29, 1.82) is 0 Å². The molecule has 0 atom stereocenters. The molecule has 2 rings (SSSR count). The molecule has 0 unspecified atom stereocenters. The number of hydrogen-bond acceptors (Lipinski definition) is 4. The standard InChI is InChI=1S/C13H12ClN3O2/c14-12-2-1-11(13(7-12)17(18)19)9-16-8-10-3-5-15-6-4-10/h1-7,16H,8-9H2. The van der Waals surface area contributed by atoms with Gasteiger partial charge in [0.05, 0.1) is 4.92 Å². The van der Waals surface area contributed by atoms with Gasteiger partial charge in [-0.05, 0) is 29.8 Å². The van der Waals surface area contributed by atoms with Crippen molar-refractivity contribution in [2.45, 2.75) is 13.1 Å². The smallest absolute Gasteiger partial charge is 0.275 e. The zero-order valence-corrected chi connectivity index (χ0v) is 10.8. The van der Waals surface area contributed by atoms with Crippen molar-refractivity contribution >= 4 is 17.3 Å². The third kappa shape index (κ3) is 3.74. The van der Waals surface area contributed by atoms with E-state index in [0.717, 1.165) is 5.56 Å². The van der Waals surface area contributed by atoms with E-state index in [4.69, 9.17) is 11.6 Å². The van der Waals surface area contributed by atoms with Crippen LogP contribution >= 0.6 is 11.6 Å². The minimum atomic E-state index is -0.421.